The maximum atomic E-state index is 12.7. The SMILES string of the molecule is CNc1ncnc2c1ccn2[C@H]1CC[C@@H](CN(CC2=CN(C(=O)OC(C)(C)C)CCC2)c2cncs2)C1. The minimum Gasteiger partial charge on any atom is -0.443 e. The molecule has 1 fully saturated rings. The van der Waals surface area contributed by atoms with Gasteiger partial charge in [-0.3, -0.25) is 9.88 Å². The van der Waals surface area contributed by atoms with Crippen molar-refractivity contribution in [3.05, 3.63) is 42.1 Å². The number of carbonyl (C=O) groups is 1. The van der Waals surface area contributed by atoms with Crippen molar-refractivity contribution >= 4 is 39.3 Å². The van der Waals surface area contributed by atoms with E-state index < -0.39 is 5.60 Å². The van der Waals surface area contributed by atoms with Crippen LogP contribution in [0.5, 0.6) is 0 Å². The van der Waals surface area contributed by atoms with Crippen molar-refractivity contribution in [1.29, 1.82) is 0 Å². The van der Waals surface area contributed by atoms with Gasteiger partial charge in [-0.1, -0.05) is 0 Å². The third-order valence-electron chi connectivity index (χ3n) is 7.12. The van der Waals surface area contributed by atoms with Crippen molar-refractivity contribution in [1.82, 2.24) is 24.4 Å². The van der Waals surface area contributed by atoms with Gasteiger partial charge >= 0.3 is 6.09 Å². The predicted molar refractivity (Wildman–Crippen MR) is 148 cm³/mol. The Morgan fingerprint density at radius 1 is 1.30 bits per heavy atom. The number of aromatic nitrogens is 4. The second-order valence-electron chi connectivity index (χ2n) is 11.1. The molecule has 2 aliphatic rings. The van der Waals surface area contributed by atoms with Gasteiger partial charge in [0.1, 0.15) is 28.4 Å². The molecule has 1 aliphatic heterocycles. The maximum Gasteiger partial charge on any atom is 0.414 e. The lowest BCUT2D eigenvalue weighted by molar-refractivity contribution is 0.0324. The average Bonchev–Trinajstić information content (AvgIpc) is 3.63. The van der Waals surface area contributed by atoms with Gasteiger partial charge in [-0.2, -0.15) is 0 Å². The van der Waals surface area contributed by atoms with E-state index in [0.29, 0.717) is 18.5 Å². The minimum atomic E-state index is -0.498. The van der Waals surface area contributed by atoms with Crippen molar-refractivity contribution in [2.75, 3.05) is 36.9 Å². The molecule has 0 radical (unpaired) electrons. The normalized spacial score (nSPS) is 20.2. The molecule has 2 atom stereocenters. The van der Waals surface area contributed by atoms with E-state index in [0.717, 1.165) is 55.6 Å². The first kappa shape index (κ1) is 25.5. The summed E-state index contributed by atoms with van der Waals surface area (Å²) in [5, 5.41) is 5.42. The Morgan fingerprint density at radius 2 is 2.16 bits per heavy atom. The highest BCUT2D eigenvalue weighted by Crippen LogP contribution is 2.38. The van der Waals surface area contributed by atoms with Gasteiger partial charge in [0.05, 0.1) is 17.1 Å². The number of fused-ring (bicyclic) bond motifs is 1. The summed E-state index contributed by atoms with van der Waals surface area (Å²) in [6, 6.07) is 2.55. The predicted octanol–water partition coefficient (Wildman–Crippen LogP) is 5.69. The zero-order valence-corrected chi connectivity index (χ0v) is 23.0. The van der Waals surface area contributed by atoms with E-state index in [1.54, 1.807) is 22.6 Å². The summed E-state index contributed by atoms with van der Waals surface area (Å²) >= 11 is 1.68. The Morgan fingerprint density at radius 3 is 2.92 bits per heavy atom. The molecule has 0 bridgehead atoms. The molecule has 4 heterocycles. The number of ether oxygens (including phenoxy) is 1. The monoisotopic (exact) mass is 523 g/mol. The molecule has 198 valence electrons. The second kappa shape index (κ2) is 10.7. The van der Waals surface area contributed by atoms with Crippen LogP contribution in [0.1, 0.15) is 58.9 Å². The van der Waals surface area contributed by atoms with Crippen LogP contribution in [-0.2, 0) is 4.74 Å². The quantitative estimate of drug-likeness (QED) is 0.425. The molecule has 3 aromatic rings. The number of thiazole rings is 1. The molecule has 1 aliphatic carbocycles. The Kier molecular flexibility index (Phi) is 7.37. The number of anilines is 2. The summed E-state index contributed by atoms with van der Waals surface area (Å²) in [4.78, 5) is 30.1. The summed E-state index contributed by atoms with van der Waals surface area (Å²) in [6.45, 7) is 8.19. The summed E-state index contributed by atoms with van der Waals surface area (Å²) in [5.41, 5.74) is 3.65. The topological polar surface area (TPSA) is 88.4 Å². The maximum absolute atomic E-state index is 12.7. The lowest BCUT2D eigenvalue weighted by Gasteiger charge is -2.32. The van der Waals surface area contributed by atoms with E-state index in [4.69, 9.17) is 4.74 Å². The number of rotatable bonds is 7. The molecule has 0 spiro atoms. The number of carbonyl (C=O) groups excluding carboxylic acids is 1. The first-order valence-corrected chi connectivity index (χ1v) is 14.0. The first-order valence-electron chi connectivity index (χ1n) is 13.1. The van der Waals surface area contributed by atoms with E-state index in [1.165, 1.54) is 17.0 Å². The van der Waals surface area contributed by atoms with Gasteiger partial charge in [0.15, 0.2) is 0 Å². The van der Waals surface area contributed by atoms with Gasteiger partial charge in [-0.25, -0.2) is 14.8 Å². The number of hydrogen-bond donors (Lipinski definition) is 1. The smallest absolute Gasteiger partial charge is 0.414 e. The van der Waals surface area contributed by atoms with Crippen molar-refractivity contribution in [3.63, 3.8) is 0 Å². The third-order valence-corrected chi connectivity index (χ3v) is 7.95. The number of amides is 1. The molecule has 0 aromatic carbocycles. The number of nitrogens with one attached hydrogen (secondary N) is 1. The van der Waals surface area contributed by atoms with E-state index in [-0.39, 0.29) is 6.09 Å². The lowest BCUT2D eigenvalue weighted by atomic mass is 10.0. The van der Waals surface area contributed by atoms with Gasteiger partial charge in [0.25, 0.3) is 0 Å². The molecule has 37 heavy (non-hydrogen) atoms. The molecule has 10 heteroatoms. The van der Waals surface area contributed by atoms with Crippen LogP contribution < -0.4 is 10.2 Å². The Bertz CT molecular complexity index is 1250. The van der Waals surface area contributed by atoms with Crippen LogP contribution in [0.15, 0.2) is 42.1 Å². The zero-order chi connectivity index (χ0) is 26.0. The van der Waals surface area contributed by atoms with Gasteiger partial charge in [0, 0.05) is 45.1 Å². The van der Waals surface area contributed by atoms with Crippen LogP contribution in [-0.4, -0.2) is 62.8 Å². The fourth-order valence-electron chi connectivity index (χ4n) is 5.50. The highest BCUT2D eigenvalue weighted by Gasteiger charge is 2.30. The van der Waals surface area contributed by atoms with Crippen molar-refractivity contribution in [3.8, 4) is 0 Å². The molecule has 1 amide bonds. The van der Waals surface area contributed by atoms with Crippen molar-refractivity contribution < 1.29 is 9.53 Å². The molecule has 3 aromatic heterocycles. The lowest BCUT2D eigenvalue weighted by Crippen LogP contribution is -2.37. The second-order valence-corrected chi connectivity index (χ2v) is 11.9. The molecule has 5 rings (SSSR count). The molecule has 0 saturated heterocycles. The van der Waals surface area contributed by atoms with E-state index in [1.807, 2.05) is 45.7 Å². The average molecular weight is 524 g/mol. The zero-order valence-electron chi connectivity index (χ0n) is 22.2. The highest BCUT2D eigenvalue weighted by atomic mass is 32.1. The molecular weight excluding hydrogens is 486 g/mol. The van der Waals surface area contributed by atoms with Crippen LogP contribution >= 0.6 is 11.3 Å². The Balaban J connectivity index is 1.28. The standard InChI is InChI=1S/C27H37N7O2S/c1-27(2,3)36-26(35)32-10-5-6-20(15-32)16-33(23-13-29-18-37-23)14-19-7-8-21(12-19)34-11-9-22-24(28-4)30-17-31-25(22)34/h9,11,13,15,17-19,21H,5-8,10,12,14,16H2,1-4H3,(H,28,30,31)/t19-,21+/m1/s1. The van der Waals surface area contributed by atoms with E-state index >= 15 is 0 Å². The summed E-state index contributed by atoms with van der Waals surface area (Å²) in [5.74, 6) is 1.44. The number of hydrogen-bond acceptors (Lipinski definition) is 8. The van der Waals surface area contributed by atoms with Crippen LogP contribution in [0.25, 0.3) is 11.0 Å². The van der Waals surface area contributed by atoms with Crippen LogP contribution in [0, 0.1) is 5.92 Å². The molecular formula is C27H37N7O2S. The molecule has 9 nitrogen and oxygen atoms in total. The summed E-state index contributed by atoms with van der Waals surface area (Å²) in [7, 11) is 1.90. The van der Waals surface area contributed by atoms with E-state index in [2.05, 4.69) is 42.0 Å². The van der Waals surface area contributed by atoms with Crippen LogP contribution in [0.4, 0.5) is 15.6 Å². The first-order chi connectivity index (χ1) is 17.8. The van der Waals surface area contributed by atoms with Gasteiger partial charge < -0.3 is 19.5 Å². The minimum absolute atomic E-state index is 0.267. The van der Waals surface area contributed by atoms with Gasteiger partial charge in [0.2, 0.25) is 0 Å². The van der Waals surface area contributed by atoms with Crippen LogP contribution in [0.2, 0.25) is 0 Å². The van der Waals surface area contributed by atoms with Crippen molar-refractivity contribution in [2.24, 2.45) is 5.92 Å². The number of nitrogens with zero attached hydrogens (tertiary/aromatic N) is 6. The fourth-order valence-corrected chi connectivity index (χ4v) is 6.14. The van der Waals surface area contributed by atoms with Gasteiger partial charge in [-0.15, -0.1) is 11.3 Å². The fraction of sp³-hybridized carbons (Fsp3) is 0.556. The largest absolute Gasteiger partial charge is 0.443 e. The molecule has 0 unspecified atom stereocenters. The highest BCUT2D eigenvalue weighted by molar-refractivity contribution is 7.13. The molecule has 1 saturated carbocycles. The van der Waals surface area contributed by atoms with Crippen LogP contribution in [0.3, 0.4) is 0 Å². The van der Waals surface area contributed by atoms with Gasteiger partial charge in [-0.05, 0) is 70.4 Å². The molecule has 1 N–H and O–H groups in total. The Labute approximate surface area is 222 Å². The Hall–Kier alpha value is -3.14. The third kappa shape index (κ3) is 5.89. The van der Waals surface area contributed by atoms with Crippen molar-refractivity contribution in [2.45, 2.75) is 64.5 Å². The van der Waals surface area contributed by atoms with E-state index in [9.17, 15) is 4.79 Å². The summed E-state index contributed by atoms with van der Waals surface area (Å²) < 4.78 is 7.94. The summed E-state index contributed by atoms with van der Waals surface area (Å²) in [6.07, 6.45) is 12.9.